The molecule has 5 nitrogen and oxygen atoms in total. The molecule has 0 bridgehead atoms. The predicted molar refractivity (Wildman–Crippen MR) is 95.3 cm³/mol. The summed E-state index contributed by atoms with van der Waals surface area (Å²) in [4.78, 5) is 30.1. The lowest BCUT2D eigenvalue weighted by Crippen LogP contribution is -2.53. The summed E-state index contributed by atoms with van der Waals surface area (Å²) in [5.41, 5.74) is 0.136. The van der Waals surface area contributed by atoms with Crippen molar-refractivity contribution in [1.29, 1.82) is 0 Å². The summed E-state index contributed by atoms with van der Waals surface area (Å²) in [5.74, 6) is -0.189. The molecule has 1 aromatic rings. The van der Waals surface area contributed by atoms with Crippen molar-refractivity contribution >= 4 is 11.8 Å². The van der Waals surface area contributed by atoms with Crippen LogP contribution < -0.4 is 0 Å². The molecule has 0 spiro atoms. The van der Waals surface area contributed by atoms with Crippen LogP contribution >= 0.6 is 0 Å². The molecular formula is C19H28FN3O2. The number of halogens is 1. The van der Waals surface area contributed by atoms with E-state index in [9.17, 15) is 14.0 Å². The number of benzene rings is 1. The van der Waals surface area contributed by atoms with Gasteiger partial charge >= 0.3 is 0 Å². The van der Waals surface area contributed by atoms with Crippen molar-refractivity contribution in [2.75, 3.05) is 39.8 Å². The van der Waals surface area contributed by atoms with Crippen molar-refractivity contribution in [2.24, 2.45) is 5.41 Å². The van der Waals surface area contributed by atoms with Crippen LogP contribution in [-0.2, 0) is 16.1 Å². The molecule has 138 valence electrons. The molecule has 6 heteroatoms. The molecule has 0 aliphatic carbocycles. The van der Waals surface area contributed by atoms with E-state index < -0.39 is 0 Å². The fraction of sp³-hybridized carbons (Fsp3) is 0.579. The fourth-order valence-corrected chi connectivity index (χ4v) is 2.87. The van der Waals surface area contributed by atoms with E-state index in [1.165, 1.54) is 6.07 Å². The first-order chi connectivity index (χ1) is 11.7. The topological polar surface area (TPSA) is 43.9 Å². The van der Waals surface area contributed by atoms with Gasteiger partial charge in [0, 0.05) is 50.7 Å². The lowest BCUT2D eigenvalue weighted by atomic mass is 9.94. The Balaban J connectivity index is 1.82. The first-order valence-corrected chi connectivity index (χ1v) is 8.67. The average molecular weight is 349 g/mol. The van der Waals surface area contributed by atoms with E-state index in [1.807, 2.05) is 30.6 Å². The van der Waals surface area contributed by atoms with Crippen LogP contribution in [0.3, 0.4) is 0 Å². The van der Waals surface area contributed by atoms with Crippen LogP contribution in [0.1, 0.15) is 26.3 Å². The number of rotatable bonds is 4. The second-order valence-electron chi connectivity index (χ2n) is 7.66. The Morgan fingerprint density at radius 2 is 1.72 bits per heavy atom. The monoisotopic (exact) mass is 349 g/mol. The minimum absolute atomic E-state index is 0.0427. The van der Waals surface area contributed by atoms with Crippen LogP contribution in [-0.4, -0.2) is 66.3 Å². The van der Waals surface area contributed by atoms with Crippen molar-refractivity contribution in [3.63, 3.8) is 0 Å². The van der Waals surface area contributed by atoms with Gasteiger partial charge in [-0.2, -0.15) is 0 Å². The Morgan fingerprint density at radius 3 is 2.28 bits per heavy atom. The molecule has 0 radical (unpaired) electrons. The zero-order chi connectivity index (χ0) is 18.6. The summed E-state index contributed by atoms with van der Waals surface area (Å²) in [6, 6.07) is 6.50. The number of likely N-dealkylation sites (N-methyl/N-ethyl adjacent to an activating group) is 1. The van der Waals surface area contributed by atoms with Crippen LogP contribution in [0.4, 0.5) is 4.39 Å². The van der Waals surface area contributed by atoms with Gasteiger partial charge in [-0.15, -0.1) is 0 Å². The van der Waals surface area contributed by atoms with Gasteiger partial charge in [0.25, 0.3) is 0 Å². The van der Waals surface area contributed by atoms with Gasteiger partial charge in [-0.1, -0.05) is 39.0 Å². The number of hydrogen-bond acceptors (Lipinski definition) is 3. The van der Waals surface area contributed by atoms with Gasteiger partial charge in [-0.05, 0) is 6.07 Å². The average Bonchev–Trinajstić information content (AvgIpc) is 2.56. The first kappa shape index (κ1) is 19.4. The Bertz CT molecular complexity index is 619. The Hall–Kier alpha value is -1.95. The van der Waals surface area contributed by atoms with Crippen molar-refractivity contribution in [3.8, 4) is 0 Å². The smallest absolute Gasteiger partial charge is 0.236 e. The standard InChI is InChI=1S/C19H28FN3O2/c1-19(2,3)18(25)23-11-9-22(10-12-23)14-17(24)21(4)13-15-7-5-6-8-16(15)20/h5-8H,9-14H2,1-4H3. The molecule has 1 heterocycles. The first-order valence-electron chi connectivity index (χ1n) is 8.67. The molecule has 25 heavy (non-hydrogen) atoms. The quantitative estimate of drug-likeness (QED) is 0.835. The summed E-state index contributed by atoms with van der Waals surface area (Å²) in [6.07, 6.45) is 0. The minimum atomic E-state index is -0.377. The molecule has 1 aliphatic rings. The largest absolute Gasteiger partial charge is 0.340 e. The summed E-state index contributed by atoms with van der Waals surface area (Å²) in [5, 5.41) is 0. The number of amides is 2. The van der Waals surface area contributed by atoms with E-state index in [0.29, 0.717) is 38.3 Å². The van der Waals surface area contributed by atoms with E-state index in [-0.39, 0.29) is 29.6 Å². The molecule has 2 amide bonds. The van der Waals surface area contributed by atoms with Crippen LogP contribution in [0.25, 0.3) is 0 Å². The van der Waals surface area contributed by atoms with Crippen molar-refractivity contribution in [2.45, 2.75) is 27.3 Å². The lowest BCUT2D eigenvalue weighted by molar-refractivity contribution is -0.141. The summed E-state index contributed by atoms with van der Waals surface area (Å²) in [6.45, 7) is 8.95. The molecule has 1 aliphatic heterocycles. The molecule has 0 N–H and O–H groups in total. The van der Waals surface area contributed by atoms with E-state index in [2.05, 4.69) is 0 Å². The Labute approximate surface area is 149 Å². The lowest BCUT2D eigenvalue weighted by Gasteiger charge is -2.37. The van der Waals surface area contributed by atoms with Gasteiger partial charge in [0.15, 0.2) is 0 Å². The van der Waals surface area contributed by atoms with E-state index in [1.54, 1.807) is 30.1 Å². The third-order valence-corrected chi connectivity index (χ3v) is 4.45. The van der Waals surface area contributed by atoms with Gasteiger partial charge in [-0.3, -0.25) is 14.5 Å². The highest BCUT2D eigenvalue weighted by molar-refractivity contribution is 5.81. The van der Waals surface area contributed by atoms with E-state index in [0.717, 1.165) is 0 Å². The zero-order valence-corrected chi connectivity index (χ0v) is 15.6. The van der Waals surface area contributed by atoms with Crippen molar-refractivity contribution < 1.29 is 14.0 Å². The predicted octanol–water partition coefficient (Wildman–Crippen LogP) is 1.97. The highest BCUT2D eigenvalue weighted by Crippen LogP contribution is 2.18. The molecule has 2 rings (SSSR count). The van der Waals surface area contributed by atoms with Crippen LogP contribution in [0.5, 0.6) is 0 Å². The summed E-state index contributed by atoms with van der Waals surface area (Å²) < 4.78 is 13.7. The second-order valence-corrected chi connectivity index (χ2v) is 7.66. The molecule has 1 aromatic carbocycles. The maximum atomic E-state index is 13.7. The molecule has 0 saturated carbocycles. The maximum Gasteiger partial charge on any atom is 0.236 e. The minimum Gasteiger partial charge on any atom is -0.340 e. The number of carbonyl (C=O) groups excluding carboxylic acids is 2. The van der Waals surface area contributed by atoms with Crippen molar-refractivity contribution in [1.82, 2.24) is 14.7 Å². The Kier molecular flexibility index (Phi) is 6.16. The third-order valence-electron chi connectivity index (χ3n) is 4.45. The van der Waals surface area contributed by atoms with Gasteiger partial charge in [-0.25, -0.2) is 4.39 Å². The van der Waals surface area contributed by atoms with Gasteiger partial charge < -0.3 is 9.80 Å². The maximum absolute atomic E-state index is 13.7. The van der Waals surface area contributed by atoms with Crippen LogP contribution in [0.2, 0.25) is 0 Å². The zero-order valence-electron chi connectivity index (χ0n) is 15.6. The molecule has 0 aromatic heterocycles. The number of piperazine rings is 1. The van der Waals surface area contributed by atoms with E-state index >= 15 is 0 Å². The van der Waals surface area contributed by atoms with Gasteiger partial charge in [0.2, 0.25) is 11.8 Å². The normalized spacial score (nSPS) is 16.0. The van der Waals surface area contributed by atoms with E-state index in [4.69, 9.17) is 0 Å². The molecule has 1 fully saturated rings. The number of hydrogen-bond donors (Lipinski definition) is 0. The highest BCUT2D eigenvalue weighted by Gasteiger charge is 2.30. The molecule has 0 atom stereocenters. The fourth-order valence-electron chi connectivity index (χ4n) is 2.87. The SMILES string of the molecule is CN(Cc1ccccc1F)C(=O)CN1CCN(C(=O)C(C)(C)C)CC1. The number of nitrogens with zero attached hydrogens (tertiary/aromatic N) is 3. The van der Waals surface area contributed by atoms with Crippen molar-refractivity contribution in [3.05, 3.63) is 35.6 Å². The molecule has 1 saturated heterocycles. The third kappa shape index (κ3) is 5.26. The highest BCUT2D eigenvalue weighted by atomic mass is 19.1. The number of carbonyl (C=O) groups is 2. The van der Waals surface area contributed by atoms with Gasteiger partial charge in [0.1, 0.15) is 5.82 Å². The molecular weight excluding hydrogens is 321 g/mol. The van der Waals surface area contributed by atoms with Crippen LogP contribution in [0, 0.1) is 11.2 Å². The Morgan fingerprint density at radius 1 is 1.12 bits per heavy atom. The van der Waals surface area contributed by atoms with Gasteiger partial charge in [0.05, 0.1) is 6.54 Å². The van der Waals surface area contributed by atoms with Crippen LogP contribution in [0.15, 0.2) is 24.3 Å². The summed E-state index contributed by atoms with van der Waals surface area (Å²) in [7, 11) is 1.69. The second kappa shape index (κ2) is 7.95. The molecule has 0 unspecified atom stereocenters. The summed E-state index contributed by atoms with van der Waals surface area (Å²) >= 11 is 0.